The second kappa shape index (κ2) is 7.83. The molecule has 1 atom stereocenters. The number of ether oxygens (including phenoxy) is 1. The molecule has 0 saturated carbocycles. The number of rotatable bonds is 5. The van der Waals surface area contributed by atoms with Crippen LogP contribution in [0.2, 0.25) is 0 Å². The summed E-state index contributed by atoms with van der Waals surface area (Å²) in [7, 11) is 0. The predicted molar refractivity (Wildman–Crippen MR) is 97.8 cm³/mol. The molecule has 1 fully saturated rings. The summed E-state index contributed by atoms with van der Waals surface area (Å²) in [6.45, 7) is 2.47. The average molecular weight is 338 g/mol. The zero-order valence-corrected chi connectivity index (χ0v) is 14.3. The minimum Gasteiger partial charge on any atom is -0.481 e. The van der Waals surface area contributed by atoms with E-state index >= 15 is 0 Å². The quantitative estimate of drug-likeness (QED) is 0.906. The van der Waals surface area contributed by atoms with Gasteiger partial charge in [0.05, 0.1) is 0 Å². The van der Waals surface area contributed by atoms with E-state index in [9.17, 15) is 9.59 Å². The van der Waals surface area contributed by atoms with Gasteiger partial charge < -0.3 is 15.0 Å². The number of anilines is 2. The molecule has 0 aromatic heterocycles. The molecule has 25 heavy (non-hydrogen) atoms. The summed E-state index contributed by atoms with van der Waals surface area (Å²) in [4.78, 5) is 26.0. The van der Waals surface area contributed by atoms with Crippen molar-refractivity contribution in [2.24, 2.45) is 0 Å². The number of nitrogens with zero attached hydrogens (tertiary/aromatic N) is 1. The highest BCUT2D eigenvalue weighted by Crippen LogP contribution is 2.23. The number of nitrogens with one attached hydrogen (secondary N) is 1. The van der Waals surface area contributed by atoms with Crippen LogP contribution in [-0.4, -0.2) is 24.5 Å². The maximum Gasteiger partial charge on any atom is 0.265 e. The number of piperidine rings is 1. The van der Waals surface area contributed by atoms with Crippen molar-refractivity contribution >= 4 is 23.2 Å². The largest absolute Gasteiger partial charge is 0.481 e. The third-order valence-corrected chi connectivity index (χ3v) is 4.20. The fourth-order valence-corrected chi connectivity index (χ4v) is 2.80. The number of carbonyl (C=O) groups is 2. The Labute approximate surface area is 147 Å². The zero-order valence-electron chi connectivity index (χ0n) is 14.3. The molecule has 130 valence electrons. The summed E-state index contributed by atoms with van der Waals surface area (Å²) in [6.07, 6.45) is 1.99. The first-order chi connectivity index (χ1) is 12.1. The molecule has 1 unspecified atom stereocenters. The predicted octanol–water partition coefficient (Wildman–Crippen LogP) is 3.61. The zero-order chi connectivity index (χ0) is 17.6. The highest BCUT2D eigenvalue weighted by atomic mass is 16.5. The van der Waals surface area contributed by atoms with Crippen molar-refractivity contribution in [2.45, 2.75) is 32.3 Å². The van der Waals surface area contributed by atoms with Gasteiger partial charge in [0.2, 0.25) is 5.91 Å². The molecule has 0 aliphatic carbocycles. The molecule has 0 bridgehead atoms. The molecule has 2 aromatic carbocycles. The number of hydrogen-bond donors (Lipinski definition) is 1. The first-order valence-electron chi connectivity index (χ1n) is 8.56. The standard InChI is InChI=1S/C20H22N2O3/c1-15(25-18-7-3-2-4-8-18)20(24)21-16-10-12-17(13-11-16)22-14-6-5-9-19(22)23/h2-4,7-8,10-13,15H,5-6,9,14H2,1H3,(H,21,24). The van der Waals surface area contributed by atoms with Crippen LogP contribution in [0.15, 0.2) is 54.6 Å². The van der Waals surface area contributed by atoms with Gasteiger partial charge >= 0.3 is 0 Å². The summed E-state index contributed by atoms with van der Waals surface area (Å²) in [6, 6.07) is 16.6. The first kappa shape index (κ1) is 17.0. The monoisotopic (exact) mass is 338 g/mol. The van der Waals surface area contributed by atoms with E-state index in [-0.39, 0.29) is 11.8 Å². The maximum atomic E-state index is 12.3. The van der Waals surface area contributed by atoms with Crippen molar-refractivity contribution in [3.05, 3.63) is 54.6 Å². The Bertz CT molecular complexity index is 728. The number of carbonyl (C=O) groups excluding carboxylic acids is 2. The van der Waals surface area contributed by atoms with E-state index in [2.05, 4.69) is 5.32 Å². The van der Waals surface area contributed by atoms with Crippen molar-refractivity contribution in [3.8, 4) is 5.75 Å². The molecule has 0 spiro atoms. The van der Waals surface area contributed by atoms with Crippen LogP contribution in [0.1, 0.15) is 26.2 Å². The van der Waals surface area contributed by atoms with Gasteiger partial charge in [-0.15, -0.1) is 0 Å². The topological polar surface area (TPSA) is 58.6 Å². The number of amides is 2. The fraction of sp³-hybridized carbons (Fsp3) is 0.300. The maximum absolute atomic E-state index is 12.3. The minimum atomic E-state index is -0.606. The smallest absolute Gasteiger partial charge is 0.265 e. The van der Waals surface area contributed by atoms with Gasteiger partial charge in [-0.3, -0.25) is 9.59 Å². The molecule has 1 aliphatic heterocycles. The van der Waals surface area contributed by atoms with Crippen LogP contribution < -0.4 is 15.0 Å². The van der Waals surface area contributed by atoms with Crippen LogP contribution in [0.25, 0.3) is 0 Å². The Hall–Kier alpha value is -2.82. The van der Waals surface area contributed by atoms with E-state index < -0.39 is 6.10 Å². The van der Waals surface area contributed by atoms with Crippen LogP contribution in [0.5, 0.6) is 5.75 Å². The third kappa shape index (κ3) is 4.38. The first-order valence-corrected chi connectivity index (χ1v) is 8.56. The Morgan fingerprint density at radius 3 is 2.48 bits per heavy atom. The Balaban J connectivity index is 1.59. The number of benzene rings is 2. The Morgan fingerprint density at radius 2 is 1.80 bits per heavy atom. The van der Waals surface area contributed by atoms with Gasteiger partial charge in [0.1, 0.15) is 5.75 Å². The van der Waals surface area contributed by atoms with Crippen LogP contribution in [0.4, 0.5) is 11.4 Å². The molecule has 0 radical (unpaired) electrons. The summed E-state index contributed by atoms with van der Waals surface area (Å²) in [5.41, 5.74) is 1.55. The summed E-state index contributed by atoms with van der Waals surface area (Å²) < 4.78 is 5.62. The van der Waals surface area contributed by atoms with E-state index in [0.717, 1.165) is 25.1 Å². The fourth-order valence-electron chi connectivity index (χ4n) is 2.80. The summed E-state index contributed by atoms with van der Waals surface area (Å²) in [5, 5.41) is 2.84. The van der Waals surface area contributed by atoms with Gasteiger partial charge in [-0.2, -0.15) is 0 Å². The molecule has 3 rings (SSSR count). The normalized spacial score (nSPS) is 15.6. The van der Waals surface area contributed by atoms with Gasteiger partial charge in [-0.25, -0.2) is 0 Å². The molecular formula is C20H22N2O3. The molecule has 2 amide bonds. The molecule has 1 aliphatic rings. The molecule has 1 saturated heterocycles. The Kier molecular flexibility index (Phi) is 5.33. The molecule has 5 heteroatoms. The van der Waals surface area contributed by atoms with Crippen molar-refractivity contribution < 1.29 is 14.3 Å². The van der Waals surface area contributed by atoms with Crippen LogP contribution in [0, 0.1) is 0 Å². The van der Waals surface area contributed by atoms with Gasteiger partial charge in [0.15, 0.2) is 6.10 Å². The second-order valence-electron chi connectivity index (χ2n) is 6.11. The lowest BCUT2D eigenvalue weighted by molar-refractivity contribution is -0.122. The lowest BCUT2D eigenvalue weighted by atomic mass is 10.1. The van der Waals surface area contributed by atoms with Crippen molar-refractivity contribution in [2.75, 3.05) is 16.8 Å². The van der Waals surface area contributed by atoms with E-state index in [4.69, 9.17) is 4.74 Å². The number of para-hydroxylation sites is 1. The summed E-state index contributed by atoms with van der Waals surface area (Å²) >= 11 is 0. The van der Waals surface area contributed by atoms with Crippen molar-refractivity contribution in [1.29, 1.82) is 0 Å². The Morgan fingerprint density at radius 1 is 1.08 bits per heavy atom. The van der Waals surface area contributed by atoms with Gasteiger partial charge in [-0.1, -0.05) is 18.2 Å². The molecule has 5 nitrogen and oxygen atoms in total. The lowest BCUT2D eigenvalue weighted by Gasteiger charge is -2.27. The molecule has 1 N–H and O–H groups in total. The second-order valence-corrected chi connectivity index (χ2v) is 6.11. The van der Waals surface area contributed by atoms with Gasteiger partial charge in [-0.05, 0) is 56.2 Å². The van der Waals surface area contributed by atoms with Gasteiger partial charge in [0.25, 0.3) is 5.91 Å². The minimum absolute atomic E-state index is 0.160. The van der Waals surface area contributed by atoms with Crippen molar-refractivity contribution in [3.63, 3.8) is 0 Å². The van der Waals surface area contributed by atoms with E-state index in [1.54, 1.807) is 11.8 Å². The van der Waals surface area contributed by atoms with Crippen LogP contribution >= 0.6 is 0 Å². The van der Waals surface area contributed by atoms with Crippen LogP contribution in [-0.2, 0) is 9.59 Å². The van der Waals surface area contributed by atoms with Crippen molar-refractivity contribution in [1.82, 2.24) is 0 Å². The summed E-state index contributed by atoms with van der Waals surface area (Å²) in [5.74, 6) is 0.600. The van der Waals surface area contributed by atoms with Gasteiger partial charge in [0, 0.05) is 24.3 Å². The average Bonchev–Trinajstić information content (AvgIpc) is 2.64. The van der Waals surface area contributed by atoms with Crippen LogP contribution in [0.3, 0.4) is 0 Å². The molecule has 2 aromatic rings. The third-order valence-electron chi connectivity index (χ3n) is 4.20. The van der Waals surface area contributed by atoms with E-state index in [1.807, 2.05) is 54.6 Å². The molecular weight excluding hydrogens is 316 g/mol. The highest BCUT2D eigenvalue weighted by Gasteiger charge is 2.20. The highest BCUT2D eigenvalue weighted by molar-refractivity contribution is 5.96. The molecule has 1 heterocycles. The van der Waals surface area contributed by atoms with E-state index in [0.29, 0.717) is 17.9 Å². The van der Waals surface area contributed by atoms with E-state index in [1.165, 1.54) is 0 Å². The lowest BCUT2D eigenvalue weighted by Crippen LogP contribution is -2.35. The number of hydrogen-bond acceptors (Lipinski definition) is 3. The SMILES string of the molecule is CC(Oc1ccccc1)C(=O)Nc1ccc(N2CCCCC2=O)cc1.